The summed E-state index contributed by atoms with van der Waals surface area (Å²) in [5.74, 6) is 7.37. The molecule has 10 heteroatoms. The Balaban J connectivity index is 1.24. The highest BCUT2D eigenvalue weighted by molar-refractivity contribution is 6.29. The number of ether oxygens (including phenoxy) is 10. The van der Waals surface area contributed by atoms with Crippen molar-refractivity contribution in [3.63, 3.8) is 0 Å². The summed E-state index contributed by atoms with van der Waals surface area (Å²) in [6, 6.07) is 69.6. The second kappa shape index (κ2) is 54.2. The molecule has 0 radical (unpaired) electrons. The molecule has 0 fully saturated rings. The Kier molecular flexibility index (Phi) is 41.6. The van der Waals surface area contributed by atoms with Crippen molar-refractivity contribution in [2.45, 2.75) is 326 Å². The van der Waals surface area contributed by atoms with Gasteiger partial charge in [-0.3, -0.25) is 0 Å². The highest BCUT2D eigenvalue weighted by Gasteiger charge is 2.23. The van der Waals surface area contributed by atoms with Gasteiger partial charge in [-0.25, -0.2) is 0 Å². The maximum Gasteiger partial charge on any atom is 0.161 e. The molecule has 0 unspecified atom stereocenters. The first-order valence-electron chi connectivity index (χ1n) is 49.9. The minimum Gasteiger partial charge on any atom is -0.494 e. The van der Waals surface area contributed by atoms with Crippen LogP contribution in [0, 0.1) is 48.5 Å². The van der Waals surface area contributed by atoms with Gasteiger partial charge in [0.05, 0.1) is 66.1 Å². The van der Waals surface area contributed by atoms with Crippen molar-refractivity contribution in [3.05, 3.63) is 158 Å². The summed E-state index contributed by atoms with van der Waals surface area (Å²) >= 11 is 0. The number of hydrogen-bond donors (Lipinski definition) is 0. The molecule has 0 aliphatic rings. The van der Waals surface area contributed by atoms with Gasteiger partial charge in [-0.05, 0) is 238 Å². The lowest BCUT2D eigenvalue weighted by Crippen LogP contribution is -2.04. The molecule has 0 heterocycles. The fraction of sp³-hybridized carbons (Fsp3) is 0.517. The number of benzene rings is 10. The van der Waals surface area contributed by atoms with E-state index in [0.29, 0.717) is 77.6 Å². The second-order valence-corrected chi connectivity index (χ2v) is 34.8. The predicted molar refractivity (Wildman–Crippen MR) is 533 cm³/mol. The lowest BCUT2D eigenvalue weighted by molar-refractivity contribution is 0.259. The monoisotopic (exact) mass is 1700 g/mol. The van der Waals surface area contributed by atoms with Crippen molar-refractivity contribution < 1.29 is 47.4 Å². The van der Waals surface area contributed by atoms with E-state index in [0.717, 1.165) is 411 Å². The molecular formula is C116H148O10. The van der Waals surface area contributed by atoms with Crippen molar-refractivity contribution in [2.24, 2.45) is 0 Å². The van der Waals surface area contributed by atoms with Gasteiger partial charge < -0.3 is 47.4 Å². The molecule has 0 aliphatic carbocycles. The highest BCUT2D eigenvalue weighted by Crippen LogP contribution is 2.48. The maximum atomic E-state index is 6.93. The number of rotatable bonds is 60. The van der Waals surface area contributed by atoms with Crippen molar-refractivity contribution in [1.82, 2.24) is 0 Å². The molecule has 0 saturated heterocycles. The van der Waals surface area contributed by atoms with Crippen LogP contribution in [-0.4, -0.2) is 66.1 Å². The molecule has 0 aliphatic heterocycles. The van der Waals surface area contributed by atoms with E-state index in [2.05, 4.69) is 227 Å². The fourth-order valence-corrected chi connectivity index (χ4v) is 16.8. The van der Waals surface area contributed by atoms with Crippen LogP contribution in [0.2, 0.25) is 0 Å². The Labute approximate surface area is 757 Å². The van der Waals surface area contributed by atoms with Crippen LogP contribution in [0.3, 0.4) is 0 Å². The Morgan fingerprint density at radius 2 is 0.286 bits per heavy atom. The summed E-state index contributed by atoms with van der Waals surface area (Å²) in [5.41, 5.74) is 0. The lowest BCUT2D eigenvalue weighted by atomic mass is 9.92. The molecular weight excluding hydrogens is 1550 g/mol. The first-order chi connectivity index (χ1) is 62.1. The predicted octanol–water partition coefficient (Wildman–Crippen LogP) is 34.0. The van der Waals surface area contributed by atoms with Gasteiger partial charge in [0.25, 0.3) is 0 Å². The zero-order chi connectivity index (χ0) is 88.1. The van der Waals surface area contributed by atoms with E-state index in [-0.39, 0.29) is 0 Å². The summed E-state index contributed by atoms with van der Waals surface area (Å²) in [7, 11) is 0. The summed E-state index contributed by atoms with van der Waals surface area (Å²) in [6.45, 7) is 28.3. The molecule has 0 amide bonds. The van der Waals surface area contributed by atoms with E-state index in [1.54, 1.807) is 0 Å². The van der Waals surface area contributed by atoms with Crippen LogP contribution < -0.4 is 47.4 Å². The van der Waals surface area contributed by atoms with Gasteiger partial charge in [-0.15, -0.1) is 0 Å². The third kappa shape index (κ3) is 29.0. The normalized spacial score (nSPS) is 11.3. The van der Waals surface area contributed by atoms with Crippen LogP contribution >= 0.6 is 0 Å². The zero-order valence-electron chi connectivity index (χ0n) is 78.8. The summed E-state index contributed by atoms with van der Waals surface area (Å²) < 4.78 is 68.9. The third-order valence-electron chi connectivity index (χ3n) is 24.1. The van der Waals surface area contributed by atoms with Crippen molar-refractivity contribution in [1.29, 1.82) is 0 Å². The molecule has 672 valence electrons. The van der Waals surface area contributed by atoms with Gasteiger partial charge in [-0.2, -0.15) is 0 Å². The van der Waals surface area contributed by atoms with Gasteiger partial charge in [0.2, 0.25) is 0 Å². The average molecular weight is 1700 g/mol. The molecule has 11 aromatic rings. The fourth-order valence-electron chi connectivity index (χ4n) is 16.8. The number of unbranched alkanes of at least 4 members (excludes halogenated alkanes) is 30. The third-order valence-corrected chi connectivity index (χ3v) is 24.1. The highest BCUT2D eigenvalue weighted by atomic mass is 16.5. The minimum atomic E-state index is 0.564. The molecule has 0 spiro atoms. The molecule has 4 bridgehead atoms. The van der Waals surface area contributed by atoms with Crippen molar-refractivity contribution >= 4 is 108 Å². The number of fused-ring (bicyclic) bond motifs is 18. The topological polar surface area (TPSA) is 92.3 Å². The number of hydrogen-bond acceptors (Lipinski definition) is 10. The molecule has 0 saturated carbocycles. The zero-order valence-corrected chi connectivity index (χ0v) is 78.8. The van der Waals surface area contributed by atoms with E-state index in [9.17, 15) is 0 Å². The van der Waals surface area contributed by atoms with Crippen LogP contribution in [0.15, 0.2) is 109 Å². The van der Waals surface area contributed by atoms with E-state index in [1.165, 1.54) is 0 Å². The van der Waals surface area contributed by atoms with Gasteiger partial charge in [0.15, 0.2) is 46.0 Å². The first-order valence-corrected chi connectivity index (χ1v) is 49.9. The Morgan fingerprint density at radius 1 is 0.143 bits per heavy atom. The molecule has 126 heavy (non-hydrogen) atoms. The van der Waals surface area contributed by atoms with Crippen LogP contribution in [0.5, 0.6) is 57.5 Å². The molecule has 11 aromatic carbocycles. The summed E-state index contributed by atoms with van der Waals surface area (Å²) in [4.78, 5) is 0. The van der Waals surface area contributed by atoms with Gasteiger partial charge >= 0.3 is 0 Å². The van der Waals surface area contributed by atoms with Gasteiger partial charge in [-0.1, -0.05) is 310 Å². The minimum absolute atomic E-state index is 0.564. The standard InChI is InChI=1S/C116H148O10/c1-11-21-31-41-59-117-95-71-87-51-55-91-75-97-99(103-81-111(121-63-45-35-25-15-5)115(125-67-49-39-29-19-9)85-107(103)105-83-113(123-65-47-37-27-17-7)109(79-101(97)105)119-61-43-33-23-13-3)77-93(91)57-53-89-70-90(74-96(73-89)118-60-42-32-22-12-2)54-58-94-78-100-98(76-92(94)56-52-88(69-87)72-95)102-80-110(120-62-44-34-24-14-4)114(124-66-48-38-28-18-8)84-106(102)108-86-116(126-68-50-40-30-20-10)112(82-104(100)108)122-64-46-36-26-16-6/h69-86H,11-50,59-68H2,1-10H3. The lowest BCUT2D eigenvalue weighted by Gasteiger charge is -2.19. The van der Waals surface area contributed by atoms with Crippen LogP contribution in [0.4, 0.5) is 0 Å². The Bertz CT molecular complexity index is 4710. The van der Waals surface area contributed by atoms with Gasteiger partial charge in [0, 0.05) is 43.1 Å². The summed E-state index contributed by atoms with van der Waals surface area (Å²) in [6.07, 6.45) is 43.4. The molecule has 10 nitrogen and oxygen atoms in total. The summed E-state index contributed by atoms with van der Waals surface area (Å²) in [5, 5.41) is 18.4. The van der Waals surface area contributed by atoms with Crippen LogP contribution in [-0.2, 0) is 0 Å². The van der Waals surface area contributed by atoms with E-state index < -0.39 is 0 Å². The van der Waals surface area contributed by atoms with E-state index in [4.69, 9.17) is 47.4 Å². The quantitative estimate of drug-likeness (QED) is 0.0271. The smallest absolute Gasteiger partial charge is 0.161 e. The van der Waals surface area contributed by atoms with Gasteiger partial charge in [0.1, 0.15) is 11.5 Å². The Morgan fingerprint density at radius 3 is 0.437 bits per heavy atom. The average Bonchev–Trinajstić information content (AvgIpc) is 0.729. The van der Waals surface area contributed by atoms with E-state index in [1.807, 2.05) is 0 Å². The first kappa shape index (κ1) is 96.6. The molecule has 11 rings (SSSR count). The SMILES string of the molecule is CCCCCCOc1cc2c#cc3cc4c5cc(OCCCCCC)c(OCCCCCC)cc5c5cc(OCCCCCC)c(OCCCCCC)cc5c4cc3c#cc3cc(OCCCCCC)cc(c#cc4cc5c6cc(OCCCCCC)c(OCCCCCC)cc6c6cc(OCCCCCC)c(OCCCCCC)cc6c5cc4c#cc(c1)c2)c3. The van der Waals surface area contributed by atoms with Crippen molar-refractivity contribution in [3.8, 4) is 57.5 Å². The molecule has 0 aromatic heterocycles. The van der Waals surface area contributed by atoms with Crippen LogP contribution in [0.1, 0.15) is 326 Å². The Hall–Kier alpha value is -10.0. The maximum absolute atomic E-state index is 6.93. The van der Waals surface area contributed by atoms with E-state index >= 15 is 0 Å². The molecule has 0 atom stereocenters. The van der Waals surface area contributed by atoms with Crippen molar-refractivity contribution in [2.75, 3.05) is 66.1 Å². The largest absolute Gasteiger partial charge is 0.494 e. The van der Waals surface area contributed by atoms with Crippen LogP contribution in [0.25, 0.3) is 108 Å². The second-order valence-electron chi connectivity index (χ2n) is 34.8. The molecule has 0 N–H and O–H groups in total.